The van der Waals surface area contributed by atoms with Crippen LogP contribution in [0.25, 0.3) is 0 Å². The largest absolute Gasteiger partial charge is 0.494 e. The van der Waals surface area contributed by atoms with Gasteiger partial charge in [-0.05, 0) is 85.3 Å². The van der Waals surface area contributed by atoms with Crippen molar-refractivity contribution >= 4 is 9.84 Å². The van der Waals surface area contributed by atoms with Gasteiger partial charge in [-0.3, -0.25) is 0 Å². The molecule has 0 aromatic heterocycles. The monoisotopic (exact) mass is 434 g/mol. The van der Waals surface area contributed by atoms with E-state index in [1.54, 1.807) is 18.2 Å². The second kappa shape index (κ2) is 9.92. The Labute approximate surface area is 179 Å². The summed E-state index contributed by atoms with van der Waals surface area (Å²) in [5, 5.41) is 8.88. The summed E-state index contributed by atoms with van der Waals surface area (Å²) in [5.74, 6) is 1.28. The van der Waals surface area contributed by atoms with E-state index in [1.165, 1.54) is 18.7 Å². The lowest BCUT2D eigenvalue weighted by Crippen LogP contribution is -2.08. The molecule has 1 fully saturated rings. The van der Waals surface area contributed by atoms with Crippen molar-refractivity contribution in [2.75, 3.05) is 19.5 Å². The molecule has 0 unspecified atom stereocenters. The fraction of sp³-hybridized carbons (Fsp3) is 0.500. The van der Waals surface area contributed by atoms with Crippen LogP contribution in [0.1, 0.15) is 62.0 Å². The minimum absolute atomic E-state index is 0.0274. The molecule has 3 atom stereocenters. The molecule has 0 bridgehead atoms. The lowest BCUT2D eigenvalue weighted by atomic mass is 9.88. The molecule has 0 saturated heterocycles. The average molecular weight is 435 g/mol. The summed E-state index contributed by atoms with van der Waals surface area (Å²) < 4.78 is 43.3. The number of halogens is 1. The van der Waals surface area contributed by atoms with E-state index >= 15 is 0 Å². The zero-order valence-electron chi connectivity index (χ0n) is 17.7. The van der Waals surface area contributed by atoms with Gasteiger partial charge in [0.05, 0.1) is 17.8 Å². The van der Waals surface area contributed by atoms with Crippen LogP contribution in [0.2, 0.25) is 0 Å². The number of ether oxygens (including phenoxy) is 1. The summed E-state index contributed by atoms with van der Waals surface area (Å²) in [6.45, 7) is 2.05. The Kier molecular flexibility index (Phi) is 7.53. The number of aliphatic hydroxyl groups is 1. The summed E-state index contributed by atoms with van der Waals surface area (Å²) in [7, 11) is -1.84. The van der Waals surface area contributed by atoms with Gasteiger partial charge >= 0.3 is 0 Å². The zero-order chi connectivity index (χ0) is 21.7. The van der Waals surface area contributed by atoms with Crippen molar-refractivity contribution < 1.29 is 22.7 Å². The predicted molar refractivity (Wildman–Crippen MR) is 116 cm³/mol. The fourth-order valence-corrected chi connectivity index (χ4v) is 5.83. The molecule has 6 heteroatoms. The van der Waals surface area contributed by atoms with Crippen molar-refractivity contribution in [1.82, 2.24) is 0 Å². The van der Waals surface area contributed by atoms with Gasteiger partial charge in [0, 0.05) is 6.61 Å². The lowest BCUT2D eigenvalue weighted by molar-refractivity contribution is 0.295. The highest BCUT2D eigenvalue weighted by molar-refractivity contribution is 7.91. The van der Waals surface area contributed by atoms with Gasteiger partial charge in [-0.15, -0.1) is 0 Å². The second-order valence-corrected chi connectivity index (χ2v) is 10.5. The van der Waals surface area contributed by atoms with Crippen LogP contribution in [-0.4, -0.2) is 33.0 Å². The van der Waals surface area contributed by atoms with E-state index in [2.05, 4.69) is 6.92 Å². The van der Waals surface area contributed by atoms with Crippen LogP contribution < -0.4 is 4.74 Å². The molecule has 1 aliphatic carbocycles. The minimum atomic E-state index is -3.33. The highest BCUT2D eigenvalue weighted by atomic mass is 32.2. The van der Waals surface area contributed by atoms with Gasteiger partial charge in [0.1, 0.15) is 0 Å². The molecule has 0 spiro atoms. The van der Waals surface area contributed by atoms with Crippen molar-refractivity contribution in [2.24, 2.45) is 5.92 Å². The Morgan fingerprint density at radius 2 is 1.90 bits per heavy atom. The van der Waals surface area contributed by atoms with Crippen LogP contribution >= 0.6 is 0 Å². The molecular weight excluding hydrogens is 403 g/mol. The number of hydrogen-bond donors (Lipinski definition) is 1. The van der Waals surface area contributed by atoms with Gasteiger partial charge in [0.2, 0.25) is 0 Å². The number of sulfone groups is 1. The smallest absolute Gasteiger partial charge is 0.178 e. The molecule has 0 aliphatic heterocycles. The van der Waals surface area contributed by atoms with Crippen molar-refractivity contribution in [3.05, 3.63) is 59.4 Å². The normalized spacial score (nSPS) is 20.3. The van der Waals surface area contributed by atoms with Crippen molar-refractivity contribution in [2.45, 2.75) is 55.8 Å². The summed E-state index contributed by atoms with van der Waals surface area (Å²) in [6, 6.07) is 12.4. The fourth-order valence-electron chi connectivity index (χ4n) is 4.53. The highest BCUT2D eigenvalue weighted by Gasteiger charge is 2.28. The number of benzene rings is 2. The zero-order valence-corrected chi connectivity index (χ0v) is 18.5. The standard InChI is InChI=1S/C24H31FO4S/c1-17(20-8-11-23(25)24(16-20)29-2)14-18-4-5-21(15-18)19-6-9-22(10-7-19)30(27,28)13-3-12-26/h6-11,16-18,21,26H,3-5,12-15H2,1-2H3/t17-,18+,21+/m0/s1. The molecule has 2 aromatic carbocycles. The van der Waals surface area contributed by atoms with Gasteiger partial charge in [-0.2, -0.15) is 0 Å². The van der Waals surface area contributed by atoms with Gasteiger partial charge in [0.15, 0.2) is 21.4 Å². The minimum Gasteiger partial charge on any atom is -0.494 e. The molecule has 1 saturated carbocycles. The van der Waals surface area contributed by atoms with Gasteiger partial charge in [0.25, 0.3) is 0 Å². The van der Waals surface area contributed by atoms with Crippen molar-refractivity contribution in [3.63, 3.8) is 0 Å². The molecule has 30 heavy (non-hydrogen) atoms. The Morgan fingerprint density at radius 1 is 1.17 bits per heavy atom. The molecule has 1 aliphatic rings. The van der Waals surface area contributed by atoms with Crippen molar-refractivity contribution in [1.29, 1.82) is 0 Å². The third kappa shape index (κ3) is 5.41. The Morgan fingerprint density at radius 3 is 2.57 bits per heavy atom. The highest BCUT2D eigenvalue weighted by Crippen LogP contribution is 2.42. The number of methoxy groups -OCH3 is 1. The molecule has 0 radical (unpaired) electrons. The first-order valence-electron chi connectivity index (χ1n) is 10.6. The van der Waals surface area contributed by atoms with Crippen LogP contribution in [0.15, 0.2) is 47.4 Å². The average Bonchev–Trinajstić information content (AvgIpc) is 3.21. The number of rotatable bonds is 9. The number of aliphatic hydroxyl groups excluding tert-OH is 1. The molecule has 4 nitrogen and oxygen atoms in total. The molecule has 0 heterocycles. The van der Waals surface area contributed by atoms with E-state index in [4.69, 9.17) is 9.84 Å². The van der Waals surface area contributed by atoms with Crippen LogP contribution in [0.5, 0.6) is 5.75 Å². The molecule has 3 rings (SSSR count). The molecular formula is C24H31FO4S. The SMILES string of the molecule is COc1cc([C@@H](C)C[C@H]2CC[C@@H](c3ccc(S(=O)(=O)CCCO)cc3)C2)ccc1F. The Balaban J connectivity index is 1.60. The number of hydrogen-bond acceptors (Lipinski definition) is 4. The van der Waals surface area contributed by atoms with E-state index in [0.29, 0.717) is 22.6 Å². The first kappa shape index (κ1) is 22.8. The third-order valence-electron chi connectivity index (χ3n) is 6.25. The summed E-state index contributed by atoms with van der Waals surface area (Å²) in [5.41, 5.74) is 2.28. The maximum atomic E-state index is 13.7. The lowest BCUT2D eigenvalue weighted by Gasteiger charge is -2.18. The van der Waals surface area contributed by atoms with Gasteiger partial charge in [-0.25, -0.2) is 12.8 Å². The summed E-state index contributed by atoms with van der Waals surface area (Å²) >= 11 is 0. The quantitative estimate of drug-likeness (QED) is 0.599. The van der Waals surface area contributed by atoms with E-state index in [1.807, 2.05) is 18.2 Å². The summed E-state index contributed by atoms with van der Waals surface area (Å²) in [4.78, 5) is 0.327. The van der Waals surface area contributed by atoms with E-state index < -0.39 is 9.84 Å². The third-order valence-corrected chi connectivity index (χ3v) is 8.07. The van der Waals surface area contributed by atoms with Gasteiger partial charge < -0.3 is 9.84 Å². The summed E-state index contributed by atoms with van der Waals surface area (Å²) in [6.07, 6.45) is 4.62. The van der Waals surface area contributed by atoms with E-state index in [-0.39, 0.29) is 30.3 Å². The van der Waals surface area contributed by atoms with Crippen LogP contribution in [0.4, 0.5) is 4.39 Å². The van der Waals surface area contributed by atoms with Crippen molar-refractivity contribution in [3.8, 4) is 5.75 Å². The molecule has 164 valence electrons. The topological polar surface area (TPSA) is 63.6 Å². The van der Waals surface area contributed by atoms with Gasteiger partial charge in [-0.1, -0.05) is 25.1 Å². The Hall–Kier alpha value is -1.92. The maximum Gasteiger partial charge on any atom is 0.178 e. The van der Waals surface area contributed by atoms with Crippen LogP contribution in [0, 0.1) is 11.7 Å². The molecule has 0 amide bonds. The van der Waals surface area contributed by atoms with Crippen LogP contribution in [0.3, 0.4) is 0 Å². The molecule has 1 N–H and O–H groups in total. The second-order valence-electron chi connectivity index (χ2n) is 8.37. The first-order chi connectivity index (χ1) is 14.3. The molecule has 2 aromatic rings. The van der Waals surface area contributed by atoms with E-state index in [0.717, 1.165) is 31.2 Å². The predicted octanol–water partition coefficient (Wildman–Crippen LogP) is 5.07. The Bertz CT molecular complexity index is 940. The first-order valence-corrected chi connectivity index (χ1v) is 12.3. The van der Waals surface area contributed by atoms with E-state index in [9.17, 15) is 12.8 Å². The maximum absolute atomic E-state index is 13.7. The van der Waals surface area contributed by atoms with Crippen LogP contribution in [-0.2, 0) is 9.84 Å².